The molecule has 1 saturated carbocycles. The van der Waals surface area contributed by atoms with Crippen LogP contribution in [0, 0.1) is 5.92 Å². The lowest BCUT2D eigenvalue weighted by atomic mass is 10.1. The number of carbonyl (C=O) groups is 1. The van der Waals surface area contributed by atoms with Gasteiger partial charge in [0.15, 0.2) is 11.5 Å². The lowest BCUT2D eigenvalue weighted by Gasteiger charge is -2.18. The third kappa shape index (κ3) is 3.37. The molecular weight excluding hydrogens is 378 g/mol. The first-order chi connectivity index (χ1) is 12.4. The van der Waals surface area contributed by atoms with E-state index < -0.39 is 15.9 Å². The second-order valence-electron chi connectivity index (χ2n) is 6.28. The minimum Gasteiger partial charge on any atom is -0.486 e. The number of amides is 1. The first kappa shape index (κ1) is 17.2. The smallest absolute Gasteiger partial charge is 0.264 e. The number of benzene rings is 2. The van der Waals surface area contributed by atoms with Crippen molar-refractivity contribution >= 4 is 27.5 Å². The van der Waals surface area contributed by atoms with Crippen LogP contribution in [0.4, 0.5) is 0 Å². The lowest BCUT2D eigenvalue weighted by Crippen LogP contribution is -2.32. The molecule has 2 aliphatic rings. The van der Waals surface area contributed by atoms with Crippen molar-refractivity contribution in [2.24, 2.45) is 5.92 Å². The molecule has 2 aromatic carbocycles. The van der Waals surface area contributed by atoms with E-state index in [1.54, 1.807) is 12.1 Å². The maximum atomic E-state index is 12.5. The van der Waals surface area contributed by atoms with Crippen LogP contribution in [0.2, 0.25) is 5.02 Å². The molecular formula is C18H16ClNO5S. The Balaban J connectivity index is 1.47. The molecule has 0 aromatic heterocycles. The Bertz CT molecular complexity index is 975. The summed E-state index contributed by atoms with van der Waals surface area (Å²) in [4.78, 5) is 12.3. The highest BCUT2D eigenvalue weighted by Gasteiger charge is 2.45. The average molecular weight is 394 g/mol. The number of hydrogen-bond donors (Lipinski definition) is 1. The summed E-state index contributed by atoms with van der Waals surface area (Å²) in [7, 11) is -3.97. The number of ether oxygens (including phenoxy) is 2. The van der Waals surface area contributed by atoms with E-state index in [4.69, 9.17) is 21.1 Å². The molecule has 1 aliphatic heterocycles. The van der Waals surface area contributed by atoms with Crippen molar-refractivity contribution in [3.8, 4) is 11.5 Å². The molecule has 2 atom stereocenters. The van der Waals surface area contributed by atoms with Crippen molar-refractivity contribution < 1.29 is 22.7 Å². The summed E-state index contributed by atoms with van der Waals surface area (Å²) >= 11 is 5.97. The van der Waals surface area contributed by atoms with Gasteiger partial charge in [0, 0.05) is 17.0 Å². The standard InChI is InChI=1S/C18H16ClNO5S/c19-12-3-1-2-11(8-12)14-10-15(14)18(21)20-26(22,23)13-4-5-16-17(9-13)25-7-6-24-16/h1-5,8-9,14-15H,6-7,10H2,(H,20,21)/t14-,15+/m0/s1. The highest BCUT2D eigenvalue weighted by atomic mass is 35.5. The summed E-state index contributed by atoms with van der Waals surface area (Å²) in [5, 5.41) is 0.595. The van der Waals surface area contributed by atoms with Crippen molar-refractivity contribution in [2.45, 2.75) is 17.2 Å². The highest BCUT2D eigenvalue weighted by Crippen LogP contribution is 2.48. The molecule has 0 bridgehead atoms. The number of carbonyl (C=O) groups excluding carboxylic acids is 1. The fraction of sp³-hybridized carbons (Fsp3) is 0.278. The van der Waals surface area contributed by atoms with Crippen LogP contribution in [0.5, 0.6) is 11.5 Å². The van der Waals surface area contributed by atoms with Crippen LogP contribution in [0.1, 0.15) is 17.9 Å². The first-order valence-electron chi connectivity index (χ1n) is 8.16. The summed E-state index contributed by atoms with van der Waals surface area (Å²) in [5.41, 5.74) is 0.939. The zero-order valence-corrected chi connectivity index (χ0v) is 15.2. The van der Waals surface area contributed by atoms with E-state index in [1.807, 2.05) is 12.1 Å². The molecule has 1 fully saturated rings. The van der Waals surface area contributed by atoms with Gasteiger partial charge in [-0.15, -0.1) is 0 Å². The second kappa shape index (κ2) is 6.48. The minimum atomic E-state index is -3.97. The lowest BCUT2D eigenvalue weighted by molar-refractivity contribution is -0.120. The van der Waals surface area contributed by atoms with Gasteiger partial charge >= 0.3 is 0 Å². The van der Waals surface area contributed by atoms with Crippen LogP contribution >= 0.6 is 11.6 Å². The predicted molar refractivity (Wildman–Crippen MR) is 95.1 cm³/mol. The number of hydrogen-bond acceptors (Lipinski definition) is 5. The summed E-state index contributed by atoms with van der Waals surface area (Å²) in [5.74, 6) is -0.0472. The Morgan fingerprint density at radius 3 is 2.62 bits per heavy atom. The Labute approximate surface area is 156 Å². The van der Waals surface area contributed by atoms with Gasteiger partial charge in [-0.2, -0.15) is 0 Å². The van der Waals surface area contributed by atoms with E-state index in [0.717, 1.165) is 5.56 Å². The van der Waals surface area contributed by atoms with Gasteiger partial charge in [0.1, 0.15) is 13.2 Å². The van der Waals surface area contributed by atoms with Crippen LogP contribution in [-0.2, 0) is 14.8 Å². The third-order valence-corrected chi connectivity index (χ3v) is 6.04. The van der Waals surface area contributed by atoms with E-state index in [-0.39, 0.29) is 16.7 Å². The highest BCUT2D eigenvalue weighted by molar-refractivity contribution is 7.90. The zero-order chi connectivity index (χ0) is 18.3. The van der Waals surface area contributed by atoms with Crippen molar-refractivity contribution in [2.75, 3.05) is 13.2 Å². The summed E-state index contributed by atoms with van der Waals surface area (Å²) in [6, 6.07) is 11.6. The van der Waals surface area contributed by atoms with Crippen molar-refractivity contribution in [3.05, 3.63) is 53.1 Å². The van der Waals surface area contributed by atoms with E-state index in [2.05, 4.69) is 4.72 Å². The fourth-order valence-electron chi connectivity index (χ4n) is 3.05. The monoisotopic (exact) mass is 393 g/mol. The van der Waals surface area contributed by atoms with Crippen LogP contribution in [0.25, 0.3) is 0 Å². The molecule has 1 N–H and O–H groups in total. The van der Waals surface area contributed by atoms with Crippen molar-refractivity contribution in [3.63, 3.8) is 0 Å². The van der Waals surface area contributed by atoms with Gasteiger partial charge in [-0.25, -0.2) is 13.1 Å². The number of nitrogens with one attached hydrogen (secondary N) is 1. The largest absolute Gasteiger partial charge is 0.486 e. The van der Waals surface area contributed by atoms with Gasteiger partial charge in [0.25, 0.3) is 10.0 Å². The van der Waals surface area contributed by atoms with E-state index in [0.29, 0.717) is 36.2 Å². The number of rotatable bonds is 4. The maximum absolute atomic E-state index is 12.5. The first-order valence-corrected chi connectivity index (χ1v) is 10.0. The SMILES string of the molecule is O=C(NS(=O)(=O)c1ccc2c(c1)OCCO2)[C@@H]1C[C@H]1c1cccc(Cl)c1. The van der Waals surface area contributed by atoms with Gasteiger partial charge in [-0.05, 0) is 42.2 Å². The number of fused-ring (bicyclic) bond motifs is 1. The van der Waals surface area contributed by atoms with Gasteiger partial charge in [-0.3, -0.25) is 4.79 Å². The summed E-state index contributed by atoms with van der Waals surface area (Å²) in [6.45, 7) is 0.772. The van der Waals surface area contributed by atoms with Crippen LogP contribution in [0.15, 0.2) is 47.4 Å². The molecule has 1 amide bonds. The average Bonchev–Trinajstić information content (AvgIpc) is 3.42. The van der Waals surface area contributed by atoms with E-state index in [1.165, 1.54) is 18.2 Å². The molecule has 136 valence electrons. The zero-order valence-electron chi connectivity index (χ0n) is 13.6. The molecule has 4 rings (SSSR count). The molecule has 1 heterocycles. The maximum Gasteiger partial charge on any atom is 0.264 e. The van der Waals surface area contributed by atoms with Crippen molar-refractivity contribution in [1.29, 1.82) is 0 Å². The topological polar surface area (TPSA) is 81.7 Å². The summed E-state index contributed by atoms with van der Waals surface area (Å²) in [6.07, 6.45) is 0.600. The molecule has 2 aromatic rings. The minimum absolute atomic E-state index is 0.0100. The summed E-state index contributed by atoms with van der Waals surface area (Å²) < 4.78 is 37.9. The Kier molecular flexibility index (Phi) is 4.28. The Morgan fingerprint density at radius 2 is 1.85 bits per heavy atom. The normalized spacial score (nSPS) is 21.1. The van der Waals surface area contributed by atoms with Crippen LogP contribution in [-0.4, -0.2) is 27.5 Å². The molecule has 0 spiro atoms. The van der Waals surface area contributed by atoms with Crippen LogP contribution < -0.4 is 14.2 Å². The van der Waals surface area contributed by atoms with Gasteiger partial charge in [0.05, 0.1) is 4.90 Å². The predicted octanol–water partition coefficient (Wildman–Crippen LogP) is 2.72. The van der Waals surface area contributed by atoms with Gasteiger partial charge in [0.2, 0.25) is 5.91 Å². The molecule has 1 aliphatic carbocycles. The molecule has 8 heteroatoms. The quantitative estimate of drug-likeness (QED) is 0.863. The van der Waals surface area contributed by atoms with Gasteiger partial charge < -0.3 is 9.47 Å². The number of sulfonamides is 1. The third-order valence-electron chi connectivity index (χ3n) is 4.46. The Morgan fingerprint density at radius 1 is 1.08 bits per heavy atom. The number of halogens is 1. The fourth-order valence-corrected chi connectivity index (χ4v) is 4.29. The second-order valence-corrected chi connectivity index (χ2v) is 8.40. The van der Waals surface area contributed by atoms with Gasteiger partial charge in [-0.1, -0.05) is 23.7 Å². The van der Waals surface area contributed by atoms with Crippen LogP contribution in [0.3, 0.4) is 0 Å². The molecule has 0 saturated heterocycles. The van der Waals surface area contributed by atoms with E-state index in [9.17, 15) is 13.2 Å². The molecule has 26 heavy (non-hydrogen) atoms. The molecule has 0 unspecified atom stereocenters. The van der Waals surface area contributed by atoms with E-state index >= 15 is 0 Å². The Hall–Kier alpha value is -2.25. The molecule has 6 nitrogen and oxygen atoms in total. The van der Waals surface area contributed by atoms with Crippen molar-refractivity contribution in [1.82, 2.24) is 4.72 Å². The molecule has 0 radical (unpaired) electrons.